The average molecular weight is 406 g/mol. The molecule has 29 heavy (non-hydrogen) atoms. The fourth-order valence-corrected chi connectivity index (χ4v) is 3.88. The van der Waals surface area contributed by atoms with E-state index in [2.05, 4.69) is 0 Å². The molecule has 1 aliphatic heterocycles. The molecule has 0 unspecified atom stereocenters. The number of rotatable bonds is 6. The van der Waals surface area contributed by atoms with Crippen LogP contribution < -0.4 is 4.90 Å². The second-order valence-electron chi connectivity index (χ2n) is 7.18. The molecule has 146 valence electrons. The predicted octanol–water partition coefficient (Wildman–Crippen LogP) is 4.39. The van der Waals surface area contributed by atoms with Crippen molar-refractivity contribution in [1.29, 1.82) is 0 Å². The standard InChI is InChI=1S/C24H20ClNO3/c25-19-12-10-18(11-13-19)22(27)16-24(29)20-8-4-5-9-21(20)26(23(24)28)15-14-17-6-2-1-3-7-17/h1-13,29H,14-16H2/t24-/m1/s1. The third kappa shape index (κ3) is 3.69. The van der Waals surface area contributed by atoms with Crippen molar-refractivity contribution >= 4 is 29.0 Å². The molecule has 5 heteroatoms. The summed E-state index contributed by atoms with van der Waals surface area (Å²) in [4.78, 5) is 27.6. The molecule has 3 aromatic rings. The van der Waals surface area contributed by atoms with E-state index >= 15 is 0 Å². The van der Waals surface area contributed by atoms with Gasteiger partial charge >= 0.3 is 0 Å². The molecule has 3 aromatic carbocycles. The highest BCUT2D eigenvalue weighted by Crippen LogP contribution is 2.42. The Kier molecular flexibility index (Phi) is 5.22. The number of carbonyl (C=O) groups is 2. The zero-order valence-electron chi connectivity index (χ0n) is 15.7. The Morgan fingerprint density at radius 1 is 0.931 bits per heavy atom. The molecule has 0 saturated carbocycles. The van der Waals surface area contributed by atoms with Crippen LogP contribution in [0.1, 0.15) is 27.9 Å². The average Bonchev–Trinajstić information content (AvgIpc) is 2.95. The molecular formula is C24H20ClNO3. The van der Waals surface area contributed by atoms with Crippen LogP contribution in [0.15, 0.2) is 78.9 Å². The molecule has 1 heterocycles. The summed E-state index contributed by atoms with van der Waals surface area (Å²) in [6, 6.07) is 23.4. The molecule has 0 spiro atoms. The number of para-hydroxylation sites is 1. The number of halogens is 1. The van der Waals surface area contributed by atoms with E-state index < -0.39 is 11.5 Å². The van der Waals surface area contributed by atoms with E-state index in [1.807, 2.05) is 42.5 Å². The van der Waals surface area contributed by atoms with Crippen molar-refractivity contribution in [3.8, 4) is 0 Å². The SMILES string of the molecule is O=C(C[C@]1(O)C(=O)N(CCc2ccccc2)c2ccccc21)c1ccc(Cl)cc1. The van der Waals surface area contributed by atoms with E-state index in [9.17, 15) is 14.7 Å². The monoisotopic (exact) mass is 405 g/mol. The van der Waals surface area contributed by atoms with Gasteiger partial charge in [-0.1, -0.05) is 60.1 Å². The Labute approximate surface area is 174 Å². The maximum absolute atomic E-state index is 13.2. The topological polar surface area (TPSA) is 57.6 Å². The highest BCUT2D eigenvalue weighted by molar-refractivity contribution is 6.30. The first-order valence-electron chi connectivity index (χ1n) is 9.45. The van der Waals surface area contributed by atoms with Crippen LogP contribution >= 0.6 is 11.6 Å². The van der Waals surface area contributed by atoms with Gasteiger partial charge < -0.3 is 10.0 Å². The van der Waals surface area contributed by atoms with Gasteiger partial charge in [-0.2, -0.15) is 0 Å². The smallest absolute Gasteiger partial charge is 0.264 e. The number of amides is 1. The summed E-state index contributed by atoms with van der Waals surface area (Å²) in [5.74, 6) is -0.769. The van der Waals surface area contributed by atoms with Crippen LogP contribution in [-0.2, 0) is 16.8 Å². The van der Waals surface area contributed by atoms with E-state index in [0.29, 0.717) is 34.8 Å². The minimum Gasteiger partial charge on any atom is -0.375 e. The van der Waals surface area contributed by atoms with Crippen molar-refractivity contribution in [2.45, 2.75) is 18.4 Å². The highest BCUT2D eigenvalue weighted by atomic mass is 35.5. The molecule has 0 aliphatic carbocycles. The first kappa shape index (κ1) is 19.4. The van der Waals surface area contributed by atoms with Gasteiger partial charge in [0.1, 0.15) is 0 Å². The molecule has 1 amide bonds. The van der Waals surface area contributed by atoms with E-state index in [0.717, 1.165) is 5.56 Å². The molecule has 0 fully saturated rings. The third-order valence-corrected chi connectivity index (χ3v) is 5.54. The Morgan fingerprint density at radius 2 is 1.59 bits per heavy atom. The number of nitrogens with zero attached hydrogens (tertiary/aromatic N) is 1. The minimum atomic E-state index is -1.87. The molecule has 1 atom stereocenters. The minimum absolute atomic E-state index is 0.308. The van der Waals surface area contributed by atoms with Crippen LogP contribution in [0.25, 0.3) is 0 Å². The first-order chi connectivity index (χ1) is 14.0. The normalized spacial score (nSPS) is 18.0. The highest BCUT2D eigenvalue weighted by Gasteiger charge is 2.50. The molecule has 0 saturated heterocycles. The first-order valence-corrected chi connectivity index (χ1v) is 9.83. The van der Waals surface area contributed by atoms with Crippen molar-refractivity contribution in [3.05, 3.63) is 101 Å². The van der Waals surface area contributed by atoms with Gasteiger partial charge in [0.15, 0.2) is 11.4 Å². The van der Waals surface area contributed by atoms with Crippen LogP contribution in [-0.4, -0.2) is 23.3 Å². The van der Waals surface area contributed by atoms with Crippen LogP contribution in [0, 0.1) is 0 Å². The number of benzene rings is 3. The van der Waals surface area contributed by atoms with Gasteiger partial charge in [-0.3, -0.25) is 9.59 Å². The lowest BCUT2D eigenvalue weighted by molar-refractivity contribution is -0.135. The zero-order valence-corrected chi connectivity index (χ0v) is 16.5. The second kappa shape index (κ2) is 7.82. The fraction of sp³-hybridized carbons (Fsp3) is 0.167. The van der Waals surface area contributed by atoms with E-state index in [-0.39, 0.29) is 12.2 Å². The Morgan fingerprint density at radius 3 is 2.31 bits per heavy atom. The second-order valence-corrected chi connectivity index (χ2v) is 7.61. The predicted molar refractivity (Wildman–Crippen MR) is 113 cm³/mol. The number of fused-ring (bicyclic) bond motifs is 1. The van der Waals surface area contributed by atoms with E-state index in [4.69, 9.17) is 11.6 Å². The van der Waals surface area contributed by atoms with Gasteiger partial charge in [0.25, 0.3) is 5.91 Å². The van der Waals surface area contributed by atoms with Gasteiger partial charge in [-0.05, 0) is 42.3 Å². The molecule has 0 radical (unpaired) electrons. The summed E-state index contributed by atoms with van der Waals surface area (Å²) in [5.41, 5.74) is 0.769. The van der Waals surface area contributed by atoms with Crippen molar-refractivity contribution < 1.29 is 14.7 Å². The maximum Gasteiger partial charge on any atom is 0.264 e. The molecule has 4 rings (SSSR count). The molecule has 4 nitrogen and oxygen atoms in total. The van der Waals surface area contributed by atoms with Crippen LogP contribution in [0.5, 0.6) is 0 Å². The summed E-state index contributed by atoms with van der Waals surface area (Å²) in [6.45, 7) is 0.428. The molecular weight excluding hydrogens is 386 g/mol. The summed E-state index contributed by atoms with van der Waals surface area (Å²) >= 11 is 5.89. The molecule has 0 bridgehead atoms. The largest absolute Gasteiger partial charge is 0.375 e. The Hall–Kier alpha value is -2.95. The van der Waals surface area contributed by atoms with Crippen LogP contribution in [0.2, 0.25) is 5.02 Å². The summed E-state index contributed by atoms with van der Waals surface area (Å²) in [5, 5.41) is 11.9. The van der Waals surface area contributed by atoms with Crippen molar-refractivity contribution in [3.63, 3.8) is 0 Å². The van der Waals surface area contributed by atoms with Gasteiger partial charge in [0, 0.05) is 22.7 Å². The molecule has 1 aliphatic rings. The Balaban J connectivity index is 1.60. The molecule has 1 N–H and O–H groups in total. The number of hydrogen-bond donors (Lipinski definition) is 1. The van der Waals surface area contributed by atoms with Gasteiger partial charge in [0.05, 0.1) is 12.1 Å². The van der Waals surface area contributed by atoms with Crippen LogP contribution in [0.4, 0.5) is 5.69 Å². The number of hydrogen-bond acceptors (Lipinski definition) is 3. The quantitative estimate of drug-likeness (QED) is 0.619. The number of ketones is 1. The third-order valence-electron chi connectivity index (χ3n) is 5.29. The number of carbonyl (C=O) groups excluding carboxylic acids is 2. The van der Waals surface area contributed by atoms with Crippen molar-refractivity contribution in [1.82, 2.24) is 0 Å². The van der Waals surface area contributed by atoms with Crippen molar-refractivity contribution in [2.24, 2.45) is 0 Å². The zero-order chi connectivity index (χ0) is 20.4. The number of Topliss-reactive ketones (excluding diaryl/α,β-unsaturated/α-hetero) is 1. The lowest BCUT2D eigenvalue weighted by Crippen LogP contribution is -2.42. The number of anilines is 1. The summed E-state index contributed by atoms with van der Waals surface area (Å²) in [7, 11) is 0. The van der Waals surface area contributed by atoms with Gasteiger partial charge in [0.2, 0.25) is 0 Å². The lowest BCUT2D eigenvalue weighted by atomic mass is 9.88. The van der Waals surface area contributed by atoms with E-state index in [1.165, 1.54) is 0 Å². The molecule has 0 aromatic heterocycles. The summed E-state index contributed by atoms with van der Waals surface area (Å²) < 4.78 is 0. The van der Waals surface area contributed by atoms with Crippen LogP contribution in [0.3, 0.4) is 0 Å². The van der Waals surface area contributed by atoms with Gasteiger partial charge in [-0.15, -0.1) is 0 Å². The Bertz CT molecular complexity index is 1050. The fourth-order valence-electron chi connectivity index (χ4n) is 3.76. The lowest BCUT2D eigenvalue weighted by Gasteiger charge is -2.23. The summed E-state index contributed by atoms with van der Waals surface area (Å²) in [6.07, 6.45) is 0.342. The van der Waals surface area contributed by atoms with Gasteiger partial charge in [-0.25, -0.2) is 0 Å². The number of aliphatic hydroxyl groups is 1. The van der Waals surface area contributed by atoms with Crippen molar-refractivity contribution in [2.75, 3.05) is 11.4 Å². The van der Waals surface area contributed by atoms with E-state index in [1.54, 1.807) is 41.3 Å². The maximum atomic E-state index is 13.2.